The van der Waals surface area contributed by atoms with Gasteiger partial charge in [0.05, 0.1) is 17.8 Å². The molecule has 0 aliphatic carbocycles. The van der Waals surface area contributed by atoms with E-state index in [1.807, 2.05) is 0 Å². The van der Waals surface area contributed by atoms with Crippen LogP contribution in [0.5, 0.6) is 0 Å². The number of nitrogens with zero attached hydrogens (tertiary/aromatic N) is 1. The molecule has 1 amide bonds. The third-order valence-electron chi connectivity index (χ3n) is 3.50. The molecule has 0 spiro atoms. The van der Waals surface area contributed by atoms with Gasteiger partial charge in [-0.2, -0.15) is 0 Å². The van der Waals surface area contributed by atoms with Crippen molar-refractivity contribution in [1.82, 2.24) is 15.1 Å². The Kier molecular flexibility index (Phi) is 3.08. The maximum Gasteiger partial charge on any atom is 0.267 e. The Morgan fingerprint density at radius 1 is 1.14 bits per heavy atom. The lowest BCUT2D eigenvalue weighted by atomic mass is 10.1. The van der Waals surface area contributed by atoms with Crippen LogP contribution in [-0.2, 0) is 13.0 Å². The maximum atomic E-state index is 13.6. The van der Waals surface area contributed by atoms with Crippen molar-refractivity contribution in [2.24, 2.45) is 0 Å². The number of amides is 1. The van der Waals surface area contributed by atoms with Crippen molar-refractivity contribution in [3.63, 3.8) is 0 Å². The molecular weight excluding hydrogens is 287 g/mol. The van der Waals surface area contributed by atoms with E-state index in [2.05, 4.69) is 10.2 Å². The number of hydrogen-bond donors (Lipinski definition) is 2. The van der Waals surface area contributed by atoms with Gasteiger partial charge < -0.3 is 10.00 Å². The zero-order valence-electron chi connectivity index (χ0n) is 10.7. The molecule has 2 aromatic rings. The van der Waals surface area contributed by atoms with Crippen molar-refractivity contribution in [1.29, 1.82) is 0 Å². The minimum atomic E-state index is -1.67. The smallest absolute Gasteiger partial charge is 0.267 e. The first-order valence-corrected chi connectivity index (χ1v) is 6.20. The highest BCUT2D eigenvalue weighted by atomic mass is 19.2. The molecule has 110 valence electrons. The fourth-order valence-electron chi connectivity index (χ4n) is 2.37. The summed E-state index contributed by atoms with van der Waals surface area (Å²) >= 11 is 0. The predicted octanol–water partition coefficient (Wildman–Crippen LogP) is 1.32. The number of rotatable bonds is 1. The highest BCUT2D eigenvalue weighted by Crippen LogP contribution is 2.20. The van der Waals surface area contributed by atoms with E-state index in [1.165, 1.54) is 4.90 Å². The average molecular weight is 297 g/mol. The summed E-state index contributed by atoms with van der Waals surface area (Å²) in [6, 6.07) is 1.62. The second-order valence-corrected chi connectivity index (χ2v) is 4.74. The van der Waals surface area contributed by atoms with Crippen LogP contribution in [0, 0.1) is 17.5 Å². The van der Waals surface area contributed by atoms with Crippen LogP contribution in [0.3, 0.4) is 0 Å². The third kappa shape index (κ3) is 2.12. The van der Waals surface area contributed by atoms with Crippen molar-refractivity contribution < 1.29 is 18.0 Å². The van der Waals surface area contributed by atoms with E-state index in [4.69, 9.17) is 0 Å². The molecule has 1 aromatic heterocycles. The standard InChI is InChI=1S/C13H10F3N3O2/c14-8-2-1-7(10(15)11(8)16)13(21)19-4-3-6-9(5-19)17-18-12(6)20/h1-2H,3-5H2,(H2,17,18,20). The average Bonchev–Trinajstić information content (AvgIpc) is 2.85. The zero-order chi connectivity index (χ0) is 15.1. The second-order valence-electron chi connectivity index (χ2n) is 4.74. The lowest BCUT2D eigenvalue weighted by Gasteiger charge is -2.26. The normalized spacial score (nSPS) is 14.1. The summed E-state index contributed by atoms with van der Waals surface area (Å²) in [7, 11) is 0. The van der Waals surface area contributed by atoms with Gasteiger partial charge in [-0.15, -0.1) is 0 Å². The SMILES string of the molecule is O=C(c1ccc(F)c(F)c1F)N1CCc2c([nH][nH]c2=O)C1. The van der Waals surface area contributed by atoms with E-state index >= 15 is 0 Å². The van der Waals surface area contributed by atoms with Gasteiger partial charge >= 0.3 is 0 Å². The molecule has 0 saturated heterocycles. The van der Waals surface area contributed by atoms with E-state index in [0.29, 0.717) is 23.7 Å². The van der Waals surface area contributed by atoms with Crippen molar-refractivity contribution in [3.05, 3.63) is 56.8 Å². The van der Waals surface area contributed by atoms with E-state index in [1.54, 1.807) is 0 Å². The Balaban J connectivity index is 1.91. The number of H-pyrrole nitrogens is 2. The summed E-state index contributed by atoms with van der Waals surface area (Å²) < 4.78 is 39.7. The summed E-state index contributed by atoms with van der Waals surface area (Å²) in [5.74, 6) is -5.28. The molecule has 2 N–H and O–H groups in total. The van der Waals surface area contributed by atoms with E-state index in [-0.39, 0.29) is 18.6 Å². The summed E-state index contributed by atoms with van der Waals surface area (Å²) in [6.45, 7) is 0.274. The monoisotopic (exact) mass is 297 g/mol. The van der Waals surface area contributed by atoms with Crippen molar-refractivity contribution >= 4 is 5.91 Å². The lowest BCUT2D eigenvalue weighted by molar-refractivity contribution is 0.0726. The molecule has 0 atom stereocenters. The van der Waals surface area contributed by atoms with Crippen LogP contribution in [0.4, 0.5) is 13.2 Å². The lowest BCUT2D eigenvalue weighted by Crippen LogP contribution is -2.37. The molecule has 1 aromatic carbocycles. The molecule has 0 unspecified atom stereocenters. The Bertz CT molecular complexity index is 781. The molecule has 0 bridgehead atoms. The summed E-state index contributed by atoms with van der Waals surface area (Å²) in [4.78, 5) is 24.9. The van der Waals surface area contributed by atoms with Gasteiger partial charge in [0.25, 0.3) is 11.5 Å². The first-order chi connectivity index (χ1) is 9.99. The van der Waals surface area contributed by atoms with Crippen molar-refractivity contribution in [2.75, 3.05) is 6.54 Å². The highest BCUT2D eigenvalue weighted by Gasteiger charge is 2.27. The quantitative estimate of drug-likeness (QED) is 0.779. The first kappa shape index (κ1) is 13.5. The van der Waals surface area contributed by atoms with Gasteiger partial charge in [-0.1, -0.05) is 0 Å². The van der Waals surface area contributed by atoms with E-state index < -0.39 is 28.9 Å². The number of fused-ring (bicyclic) bond motifs is 1. The van der Waals surface area contributed by atoms with Crippen LogP contribution in [0.1, 0.15) is 21.6 Å². The van der Waals surface area contributed by atoms with Gasteiger partial charge in [0.15, 0.2) is 17.5 Å². The summed E-state index contributed by atoms with van der Waals surface area (Å²) in [5, 5.41) is 5.04. The number of benzene rings is 1. The number of aromatic amines is 2. The van der Waals surface area contributed by atoms with Crippen molar-refractivity contribution in [3.8, 4) is 0 Å². The molecule has 21 heavy (non-hydrogen) atoms. The van der Waals surface area contributed by atoms with Gasteiger partial charge in [-0.05, 0) is 18.6 Å². The Hall–Kier alpha value is -2.51. The topological polar surface area (TPSA) is 69.0 Å². The third-order valence-corrected chi connectivity index (χ3v) is 3.50. The molecule has 2 heterocycles. The molecular formula is C13H10F3N3O2. The highest BCUT2D eigenvalue weighted by molar-refractivity contribution is 5.94. The minimum Gasteiger partial charge on any atom is -0.332 e. The number of carbonyl (C=O) groups excluding carboxylic acids is 1. The first-order valence-electron chi connectivity index (χ1n) is 6.20. The molecule has 1 aliphatic rings. The number of halogens is 3. The second kappa shape index (κ2) is 4.80. The number of nitrogens with one attached hydrogen (secondary N) is 2. The van der Waals surface area contributed by atoms with E-state index in [9.17, 15) is 22.8 Å². The number of hydrogen-bond acceptors (Lipinski definition) is 2. The van der Waals surface area contributed by atoms with Crippen LogP contribution in [0.2, 0.25) is 0 Å². The predicted molar refractivity (Wildman–Crippen MR) is 66.2 cm³/mol. The fraction of sp³-hybridized carbons (Fsp3) is 0.231. The Labute approximate surface area is 116 Å². The number of carbonyl (C=O) groups is 1. The maximum absolute atomic E-state index is 13.6. The van der Waals surface area contributed by atoms with Crippen LogP contribution < -0.4 is 5.56 Å². The van der Waals surface area contributed by atoms with Crippen molar-refractivity contribution in [2.45, 2.75) is 13.0 Å². The van der Waals surface area contributed by atoms with Gasteiger partial charge in [0.2, 0.25) is 0 Å². The van der Waals surface area contributed by atoms with Gasteiger partial charge in [-0.25, -0.2) is 13.2 Å². The molecule has 8 heteroatoms. The summed E-state index contributed by atoms with van der Waals surface area (Å²) in [5.41, 5.74) is 0.290. The Morgan fingerprint density at radius 3 is 2.67 bits per heavy atom. The van der Waals surface area contributed by atoms with E-state index in [0.717, 1.165) is 6.07 Å². The van der Waals surface area contributed by atoms with Gasteiger partial charge in [0.1, 0.15) is 0 Å². The van der Waals surface area contributed by atoms with Gasteiger partial charge in [0, 0.05) is 12.1 Å². The summed E-state index contributed by atoms with van der Waals surface area (Å²) in [6.07, 6.45) is 0.311. The number of aromatic nitrogens is 2. The van der Waals surface area contributed by atoms with Crippen LogP contribution in [-0.4, -0.2) is 27.5 Å². The molecule has 0 radical (unpaired) electrons. The molecule has 0 fully saturated rings. The van der Waals surface area contributed by atoms with Crippen LogP contribution in [0.25, 0.3) is 0 Å². The van der Waals surface area contributed by atoms with Crippen LogP contribution in [0.15, 0.2) is 16.9 Å². The van der Waals surface area contributed by atoms with Gasteiger partial charge in [-0.3, -0.25) is 14.7 Å². The molecule has 5 nitrogen and oxygen atoms in total. The molecule has 1 aliphatic heterocycles. The minimum absolute atomic E-state index is 0.0747. The largest absolute Gasteiger partial charge is 0.332 e. The molecule has 0 saturated carbocycles. The Morgan fingerprint density at radius 2 is 1.90 bits per heavy atom. The molecule has 3 rings (SSSR count). The van der Waals surface area contributed by atoms with Crippen LogP contribution >= 0.6 is 0 Å². The zero-order valence-corrected chi connectivity index (χ0v) is 10.7. The fourth-order valence-corrected chi connectivity index (χ4v) is 2.37.